The van der Waals surface area contributed by atoms with Gasteiger partial charge in [-0.1, -0.05) is 30.3 Å². The molecule has 0 bridgehead atoms. The van der Waals surface area contributed by atoms with Crippen molar-refractivity contribution in [2.75, 3.05) is 0 Å². The predicted molar refractivity (Wildman–Crippen MR) is 78.5 cm³/mol. The van der Waals surface area contributed by atoms with Crippen molar-refractivity contribution in [2.24, 2.45) is 10.2 Å². The number of nitrogens with zero attached hydrogens (tertiary/aromatic N) is 2. The number of azo groups is 1. The van der Waals surface area contributed by atoms with Gasteiger partial charge in [0.1, 0.15) is 5.54 Å². The first-order chi connectivity index (χ1) is 8.73. The molecule has 0 aliphatic carbocycles. The van der Waals surface area contributed by atoms with Crippen LogP contribution in [0.3, 0.4) is 0 Å². The normalized spacial score (nSPS) is 15.4. The highest BCUT2D eigenvalue weighted by atomic mass is 35.5. The lowest BCUT2D eigenvalue weighted by molar-refractivity contribution is -0.112. The van der Waals surface area contributed by atoms with E-state index in [1.807, 2.05) is 58.0 Å². The molecule has 1 unspecified atom stereocenters. The first kappa shape index (κ1) is 15.8. The minimum absolute atomic E-state index is 0.235. The molecule has 0 N–H and O–H groups in total. The maximum absolute atomic E-state index is 11.0. The predicted octanol–water partition coefficient (Wildman–Crippen LogP) is 4.70. The van der Waals surface area contributed by atoms with Crippen molar-refractivity contribution in [3.63, 3.8) is 0 Å². The lowest BCUT2D eigenvalue weighted by atomic mass is 9.88. The van der Waals surface area contributed by atoms with Crippen LogP contribution in [0.15, 0.2) is 40.6 Å². The Morgan fingerprint density at radius 3 is 2.16 bits per heavy atom. The van der Waals surface area contributed by atoms with Gasteiger partial charge in [0.15, 0.2) is 0 Å². The van der Waals surface area contributed by atoms with E-state index < -0.39 is 5.54 Å². The number of carbonyl (C=O) groups excluding carboxylic acids is 1. The van der Waals surface area contributed by atoms with E-state index in [9.17, 15) is 4.79 Å². The summed E-state index contributed by atoms with van der Waals surface area (Å²) in [5.74, 6) is 0. The minimum atomic E-state index is -0.515. The molecule has 0 aliphatic rings. The average Bonchev–Trinajstić information content (AvgIpc) is 2.34. The van der Waals surface area contributed by atoms with Crippen molar-refractivity contribution in [1.29, 1.82) is 0 Å². The molecule has 0 aromatic heterocycles. The molecule has 1 aromatic rings. The summed E-state index contributed by atoms with van der Waals surface area (Å²) in [6.07, 6.45) is 0.842. The number of halogens is 1. The van der Waals surface area contributed by atoms with Gasteiger partial charge >= 0.3 is 0 Å². The summed E-state index contributed by atoms with van der Waals surface area (Å²) in [7, 11) is 0. The van der Waals surface area contributed by atoms with Crippen LogP contribution in [0.4, 0.5) is 0 Å². The second-order valence-electron chi connectivity index (χ2n) is 5.87. The fourth-order valence-corrected chi connectivity index (χ4v) is 1.75. The van der Waals surface area contributed by atoms with E-state index in [2.05, 4.69) is 10.2 Å². The summed E-state index contributed by atoms with van der Waals surface area (Å²) in [6, 6.07) is 9.88. The second kappa shape index (κ2) is 6.29. The molecule has 104 valence electrons. The molecule has 0 aliphatic heterocycles. The summed E-state index contributed by atoms with van der Waals surface area (Å²) in [6.45, 7) is 7.97. The zero-order valence-electron chi connectivity index (χ0n) is 12.0. The quantitative estimate of drug-likeness (QED) is 0.569. The zero-order valence-corrected chi connectivity index (χ0v) is 12.7. The molecular formula is C15H21ClN2O. The van der Waals surface area contributed by atoms with Crippen LogP contribution in [-0.2, 0) is 10.3 Å². The summed E-state index contributed by atoms with van der Waals surface area (Å²) in [4.78, 5) is 11.0. The number of hydrogen-bond donors (Lipinski definition) is 0. The molecule has 1 rings (SSSR count). The standard InChI is InChI=1S/C15H21ClN2O/c1-14(2,3)17-18-15(4,11-10-13(16)19)12-8-6-5-7-9-12/h5-9H,10-11H2,1-4H3/b18-17+. The second-order valence-corrected chi connectivity index (χ2v) is 6.29. The molecule has 0 heterocycles. The Morgan fingerprint density at radius 2 is 1.68 bits per heavy atom. The van der Waals surface area contributed by atoms with Crippen LogP contribution in [-0.4, -0.2) is 10.8 Å². The summed E-state index contributed by atoms with van der Waals surface area (Å²) >= 11 is 5.45. The molecule has 0 spiro atoms. The topological polar surface area (TPSA) is 41.8 Å². The fourth-order valence-electron chi connectivity index (χ4n) is 1.65. The van der Waals surface area contributed by atoms with E-state index in [1.54, 1.807) is 0 Å². The van der Waals surface area contributed by atoms with Crippen molar-refractivity contribution < 1.29 is 4.79 Å². The highest BCUT2D eigenvalue weighted by Crippen LogP contribution is 2.32. The number of rotatable bonds is 5. The number of hydrogen-bond acceptors (Lipinski definition) is 3. The largest absolute Gasteiger partial charge is 0.281 e. The Balaban J connectivity index is 3.03. The Bertz CT molecular complexity index is 451. The maximum Gasteiger partial charge on any atom is 0.221 e. The van der Waals surface area contributed by atoms with Gasteiger partial charge in [-0.15, -0.1) is 0 Å². The monoisotopic (exact) mass is 280 g/mol. The van der Waals surface area contributed by atoms with Gasteiger partial charge in [-0.05, 0) is 51.3 Å². The Hall–Kier alpha value is -1.22. The van der Waals surface area contributed by atoms with E-state index in [0.717, 1.165) is 5.56 Å². The third kappa shape index (κ3) is 5.52. The first-order valence-electron chi connectivity index (χ1n) is 6.41. The van der Waals surface area contributed by atoms with Crippen LogP contribution in [0.25, 0.3) is 0 Å². The highest BCUT2D eigenvalue weighted by molar-refractivity contribution is 6.63. The summed E-state index contributed by atoms with van der Waals surface area (Å²) in [5, 5.41) is 8.50. The third-order valence-corrected chi connectivity index (χ3v) is 2.96. The van der Waals surface area contributed by atoms with Crippen LogP contribution < -0.4 is 0 Å². The Kier molecular flexibility index (Phi) is 5.24. The fraction of sp³-hybridized carbons (Fsp3) is 0.533. The van der Waals surface area contributed by atoms with Crippen molar-refractivity contribution in [1.82, 2.24) is 0 Å². The molecule has 1 aromatic carbocycles. The highest BCUT2D eigenvalue weighted by Gasteiger charge is 2.27. The molecule has 0 amide bonds. The number of benzene rings is 1. The van der Waals surface area contributed by atoms with Gasteiger partial charge in [-0.3, -0.25) is 4.79 Å². The van der Waals surface area contributed by atoms with E-state index in [-0.39, 0.29) is 17.2 Å². The Morgan fingerprint density at radius 1 is 1.11 bits per heavy atom. The zero-order chi connectivity index (χ0) is 14.5. The molecule has 0 fully saturated rings. The SMILES string of the molecule is CC(C)(C)/N=N/C(C)(CCC(=O)Cl)c1ccccc1. The van der Waals surface area contributed by atoms with Crippen molar-refractivity contribution in [3.05, 3.63) is 35.9 Å². The molecule has 0 radical (unpaired) electrons. The minimum Gasteiger partial charge on any atom is -0.281 e. The van der Waals surface area contributed by atoms with E-state index >= 15 is 0 Å². The van der Waals surface area contributed by atoms with Crippen molar-refractivity contribution in [3.8, 4) is 0 Å². The lowest BCUT2D eigenvalue weighted by Crippen LogP contribution is -2.21. The average molecular weight is 281 g/mol. The Labute approximate surface area is 120 Å². The molecule has 19 heavy (non-hydrogen) atoms. The van der Waals surface area contributed by atoms with Crippen LogP contribution in [0.1, 0.15) is 46.1 Å². The van der Waals surface area contributed by atoms with Crippen molar-refractivity contribution in [2.45, 2.75) is 51.6 Å². The lowest BCUT2D eigenvalue weighted by Gasteiger charge is -2.25. The molecular weight excluding hydrogens is 260 g/mol. The summed E-state index contributed by atoms with van der Waals surface area (Å²) in [5.41, 5.74) is 0.293. The van der Waals surface area contributed by atoms with Gasteiger partial charge in [-0.2, -0.15) is 10.2 Å². The smallest absolute Gasteiger partial charge is 0.221 e. The van der Waals surface area contributed by atoms with E-state index in [1.165, 1.54) is 0 Å². The van der Waals surface area contributed by atoms with E-state index in [0.29, 0.717) is 6.42 Å². The molecule has 0 saturated carbocycles. The van der Waals surface area contributed by atoms with Gasteiger partial charge in [-0.25, -0.2) is 0 Å². The van der Waals surface area contributed by atoms with Gasteiger partial charge < -0.3 is 0 Å². The molecule has 3 nitrogen and oxygen atoms in total. The maximum atomic E-state index is 11.0. The number of carbonyl (C=O) groups is 1. The third-order valence-electron chi connectivity index (χ3n) is 2.77. The van der Waals surface area contributed by atoms with E-state index in [4.69, 9.17) is 11.6 Å². The molecule has 1 atom stereocenters. The van der Waals surface area contributed by atoms with Crippen LogP contribution in [0.2, 0.25) is 0 Å². The van der Waals surface area contributed by atoms with Crippen LogP contribution in [0, 0.1) is 0 Å². The molecule has 4 heteroatoms. The van der Waals surface area contributed by atoms with Gasteiger partial charge in [0.2, 0.25) is 5.24 Å². The van der Waals surface area contributed by atoms with Gasteiger partial charge in [0, 0.05) is 6.42 Å². The van der Waals surface area contributed by atoms with Gasteiger partial charge in [0.25, 0.3) is 0 Å². The van der Waals surface area contributed by atoms with Crippen molar-refractivity contribution >= 4 is 16.8 Å². The van der Waals surface area contributed by atoms with Crippen LogP contribution in [0.5, 0.6) is 0 Å². The van der Waals surface area contributed by atoms with Gasteiger partial charge in [0.05, 0.1) is 5.54 Å². The summed E-state index contributed by atoms with van der Waals surface area (Å²) < 4.78 is 0. The van der Waals surface area contributed by atoms with Crippen LogP contribution >= 0.6 is 11.6 Å². The molecule has 0 saturated heterocycles. The first-order valence-corrected chi connectivity index (χ1v) is 6.79.